The van der Waals surface area contributed by atoms with Gasteiger partial charge in [-0.25, -0.2) is 19.9 Å². The van der Waals surface area contributed by atoms with Crippen LogP contribution in [0.2, 0.25) is 0 Å². The van der Waals surface area contributed by atoms with Gasteiger partial charge in [0.15, 0.2) is 0 Å². The molecule has 1 amide bonds. The Hall–Kier alpha value is -7.86. The molecule has 8 rings (SSSR count). The zero-order valence-corrected chi connectivity index (χ0v) is 33.4. The van der Waals surface area contributed by atoms with Crippen LogP contribution in [-0.4, -0.2) is 59.2 Å². The number of benzene rings is 2. The predicted molar refractivity (Wildman–Crippen MR) is 228 cm³/mol. The number of pyridine rings is 2. The van der Waals surface area contributed by atoms with Gasteiger partial charge in [0.25, 0.3) is 0 Å². The van der Waals surface area contributed by atoms with E-state index in [4.69, 9.17) is 20.2 Å². The molecule has 0 atom stereocenters. The number of hydrogen-bond acceptors (Lipinski definition) is 12. The van der Waals surface area contributed by atoms with Gasteiger partial charge >= 0.3 is 0 Å². The minimum absolute atomic E-state index is 0.286. The van der Waals surface area contributed by atoms with E-state index >= 15 is 0 Å². The van der Waals surface area contributed by atoms with Crippen molar-refractivity contribution in [2.24, 2.45) is 5.73 Å². The van der Waals surface area contributed by atoms with E-state index in [0.717, 1.165) is 44.3 Å². The Labute approximate surface area is 340 Å². The summed E-state index contributed by atoms with van der Waals surface area (Å²) in [5, 5.41) is 17.7. The van der Waals surface area contributed by atoms with Crippen molar-refractivity contribution in [3.63, 3.8) is 0 Å². The van der Waals surface area contributed by atoms with Crippen LogP contribution in [0.25, 0.3) is 44.3 Å². The number of aromatic nitrogens is 8. The van der Waals surface area contributed by atoms with Gasteiger partial charge in [-0.3, -0.25) is 14.8 Å². The number of nitrogens with two attached hydrogens (primary N) is 1. The predicted octanol–water partition coefficient (Wildman–Crippen LogP) is 8.62. The highest BCUT2D eigenvalue weighted by atomic mass is 16.5. The summed E-state index contributed by atoms with van der Waals surface area (Å²) in [4.78, 5) is 38.1. The number of ether oxygens (including phenoxy) is 2. The zero-order chi connectivity index (χ0) is 41.6. The molecule has 6 heterocycles. The summed E-state index contributed by atoms with van der Waals surface area (Å²) in [6.07, 6.45) is 14.9. The molecule has 0 aliphatic heterocycles. The van der Waals surface area contributed by atoms with Crippen LogP contribution in [0, 0.1) is 11.3 Å². The third-order valence-corrected chi connectivity index (χ3v) is 9.46. The summed E-state index contributed by atoms with van der Waals surface area (Å²) in [6, 6.07) is 20.6. The molecule has 0 spiro atoms. The molecule has 2 aromatic carbocycles. The highest BCUT2D eigenvalue weighted by molar-refractivity contribution is 5.96. The van der Waals surface area contributed by atoms with Gasteiger partial charge in [-0.2, -0.15) is 5.26 Å². The number of primary amides is 1. The Morgan fingerprint density at radius 1 is 0.695 bits per heavy atom. The topological polar surface area (TPSA) is 197 Å². The first-order valence-electron chi connectivity index (χ1n) is 18.7. The Morgan fingerprint density at radius 2 is 1.19 bits per heavy atom. The molecule has 0 radical (unpaired) electrons. The molecule has 15 nitrogen and oxygen atoms in total. The van der Waals surface area contributed by atoms with E-state index in [0.29, 0.717) is 51.9 Å². The van der Waals surface area contributed by atoms with Crippen molar-refractivity contribution in [3.05, 3.63) is 121 Å². The third kappa shape index (κ3) is 8.61. The number of carbonyl (C=O) groups excluding carboxylic acids is 1. The average Bonchev–Trinajstić information content (AvgIpc) is 3.84. The maximum Gasteiger partial charge on any atom is 0.248 e. The average molecular weight is 787 g/mol. The quantitative estimate of drug-likeness (QED) is 0.113. The van der Waals surface area contributed by atoms with Gasteiger partial charge in [-0.15, -0.1) is 0 Å². The summed E-state index contributed by atoms with van der Waals surface area (Å²) >= 11 is 0. The van der Waals surface area contributed by atoms with E-state index in [9.17, 15) is 10.1 Å². The Kier molecular flexibility index (Phi) is 11.4. The van der Waals surface area contributed by atoms with Crippen LogP contribution in [0.4, 0.5) is 23.3 Å². The monoisotopic (exact) mass is 786 g/mol. The van der Waals surface area contributed by atoms with Gasteiger partial charge in [-0.05, 0) is 76.2 Å². The first-order valence-corrected chi connectivity index (χ1v) is 18.7. The number of carbonyl (C=O) groups is 1. The lowest BCUT2D eigenvalue weighted by Gasteiger charge is -2.10. The van der Waals surface area contributed by atoms with Crippen molar-refractivity contribution in [1.29, 1.82) is 5.26 Å². The molecule has 0 saturated carbocycles. The molecule has 8 aromatic rings. The molecule has 0 bridgehead atoms. The second kappa shape index (κ2) is 17.1. The van der Waals surface area contributed by atoms with E-state index in [2.05, 4.69) is 90.8 Å². The van der Waals surface area contributed by atoms with Gasteiger partial charge < -0.3 is 35.0 Å². The summed E-state index contributed by atoms with van der Waals surface area (Å²) in [6.45, 7) is 8.53. The summed E-state index contributed by atoms with van der Waals surface area (Å²) in [5.41, 5.74) is 13.3. The van der Waals surface area contributed by atoms with E-state index in [1.54, 1.807) is 68.3 Å². The van der Waals surface area contributed by atoms with Crippen molar-refractivity contribution in [3.8, 4) is 40.1 Å². The normalized spacial score (nSPS) is 11.0. The molecule has 15 heteroatoms. The maximum atomic E-state index is 11.6. The van der Waals surface area contributed by atoms with Crippen molar-refractivity contribution in [1.82, 2.24) is 39.0 Å². The van der Waals surface area contributed by atoms with Crippen molar-refractivity contribution in [2.75, 3.05) is 24.9 Å². The highest BCUT2D eigenvalue weighted by Crippen LogP contribution is 2.33. The summed E-state index contributed by atoms with van der Waals surface area (Å²) in [7, 11) is 3.09. The van der Waals surface area contributed by atoms with Crippen LogP contribution in [0.15, 0.2) is 110 Å². The Balaban J connectivity index is 0.000000179. The molecule has 296 valence electrons. The fourth-order valence-electron chi connectivity index (χ4n) is 6.64. The first kappa shape index (κ1) is 39.4. The van der Waals surface area contributed by atoms with Gasteiger partial charge in [0, 0.05) is 100 Å². The number of anilines is 4. The van der Waals surface area contributed by atoms with Crippen molar-refractivity contribution < 1.29 is 14.3 Å². The number of nitrogens with zero attached hydrogens (tertiary/aromatic N) is 9. The minimum Gasteiger partial charge on any atom is -0.497 e. The van der Waals surface area contributed by atoms with Crippen LogP contribution >= 0.6 is 0 Å². The molecule has 6 aromatic heterocycles. The van der Waals surface area contributed by atoms with Crippen LogP contribution in [0.3, 0.4) is 0 Å². The Morgan fingerprint density at radius 3 is 1.64 bits per heavy atom. The van der Waals surface area contributed by atoms with E-state index in [1.807, 2.05) is 36.7 Å². The van der Waals surface area contributed by atoms with Crippen molar-refractivity contribution >= 4 is 51.0 Å². The molecule has 0 aliphatic rings. The minimum atomic E-state index is -0.540. The Bertz CT molecular complexity index is 2840. The van der Waals surface area contributed by atoms with E-state index < -0.39 is 5.91 Å². The van der Waals surface area contributed by atoms with Gasteiger partial charge in [0.05, 0.1) is 60.7 Å². The molecule has 0 fully saturated rings. The first-order chi connectivity index (χ1) is 28.5. The zero-order valence-electron chi connectivity index (χ0n) is 33.4. The summed E-state index contributed by atoms with van der Waals surface area (Å²) in [5.74, 6) is 1.41. The maximum absolute atomic E-state index is 11.6. The lowest BCUT2D eigenvalue weighted by atomic mass is 10.1. The number of nitrogens with one attached hydrogen (secondary N) is 2. The second-order valence-corrected chi connectivity index (χ2v) is 14.0. The highest BCUT2D eigenvalue weighted by Gasteiger charge is 2.16. The lowest BCUT2D eigenvalue weighted by Crippen LogP contribution is -2.11. The molecule has 59 heavy (non-hydrogen) atoms. The van der Waals surface area contributed by atoms with Crippen molar-refractivity contribution in [2.45, 2.75) is 39.8 Å². The molecule has 0 aliphatic carbocycles. The van der Waals surface area contributed by atoms with Crippen LogP contribution in [0.5, 0.6) is 11.5 Å². The lowest BCUT2D eigenvalue weighted by molar-refractivity contribution is 0.1000. The molecular formula is C44H42N12O3. The van der Waals surface area contributed by atoms with Crippen LogP contribution in [0.1, 0.15) is 55.7 Å². The second-order valence-electron chi connectivity index (χ2n) is 14.0. The SMILES string of the molecule is COc1cc(C#N)cc(Nc2nccc(-c3cn(C(C)C)c4cnccc34)n2)c1.COc1cc(Nc2nccc(-c3cn(C(C)C)c4cnccc34)n2)cc(C(N)=O)c1. The fourth-order valence-corrected chi connectivity index (χ4v) is 6.64. The molecular weight excluding hydrogens is 745 g/mol. The summed E-state index contributed by atoms with van der Waals surface area (Å²) < 4.78 is 14.9. The molecule has 0 unspecified atom stereocenters. The number of fused-ring (bicyclic) bond motifs is 2. The van der Waals surface area contributed by atoms with E-state index in [1.165, 1.54) is 7.11 Å². The number of hydrogen-bond donors (Lipinski definition) is 3. The fraction of sp³-hybridized carbons (Fsp3) is 0.182. The number of methoxy groups -OCH3 is 2. The largest absolute Gasteiger partial charge is 0.497 e. The standard InChI is InChI=1S/C22H22N6O2.C22H20N6O/c1-13(2)28-12-18(17-4-6-24-11-20(17)28)19-5-7-25-22(27-19)26-15-8-14(21(23)29)9-16(10-15)30-3;1-14(2)28-13-19(18-4-6-24-12-21(18)28)20-5-7-25-22(27-20)26-16-8-15(11-23)9-17(10-16)29-3/h4-13H,1-3H3,(H2,23,29)(H,25,26,27);4-10,12-14H,1-3H3,(H,25,26,27). The number of nitriles is 1. The van der Waals surface area contributed by atoms with E-state index in [-0.39, 0.29) is 6.04 Å². The molecule has 4 N–H and O–H groups in total. The smallest absolute Gasteiger partial charge is 0.248 e. The number of rotatable bonds is 11. The van der Waals surface area contributed by atoms with Crippen LogP contribution in [-0.2, 0) is 0 Å². The molecule has 0 saturated heterocycles. The van der Waals surface area contributed by atoms with Gasteiger partial charge in [0.1, 0.15) is 11.5 Å². The third-order valence-electron chi connectivity index (χ3n) is 9.46. The number of amides is 1. The van der Waals surface area contributed by atoms with Gasteiger partial charge in [-0.1, -0.05) is 0 Å². The van der Waals surface area contributed by atoms with Gasteiger partial charge in [0.2, 0.25) is 17.8 Å². The van der Waals surface area contributed by atoms with Crippen LogP contribution < -0.4 is 25.8 Å².